The third-order valence-corrected chi connectivity index (χ3v) is 5.58. The maximum Gasteiger partial charge on any atom is 0.0929 e. The highest BCUT2D eigenvalue weighted by atomic mass is 16.3. The van der Waals surface area contributed by atoms with Crippen molar-refractivity contribution in [1.82, 2.24) is 0 Å². The summed E-state index contributed by atoms with van der Waals surface area (Å²) in [6, 6.07) is 19.9. The topological polar surface area (TPSA) is 40.5 Å². The van der Waals surface area contributed by atoms with Gasteiger partial charge in [-0.2, -0.15) is 0 Å². The molecule has 2 saturated carbocycles. The van der Waals surface area contributed by atoms with Gasteiger partial charge in [0.2, 0.25) is 0 Å². The zero-order chi connectivity index (χ0) is 14.5. The molecule has 0 aliphatic heterocycles. The van der Waals surface area contributed by atoms with Crippen LogP contribution in [0.2, 0.25) is 0 Å². The van der Waals surface area contributed by atoms with Gasteiger partial charge in [-0.15, -0.1) is 0 Å². The molecule has 2 nitrogen and oxygen atoms in total. The summed E-state index contributed by atoms with van der Waals surface area (Å²) in [7, 11) is 0. The third-order valence-electron chi connectivity index (χ3n) is 5.58. The minimum atomic E-state index is -0.771. The van der Waals surface area contributed by atoms with Gasteiger partial charge in [-0.3, -0.25) is 0 Å². The van der Waals surface area contributed by atoms with E-state index in [9.17, 15) is 10.2 Å². The zero-order valence-corrected chi connectivity index (χ0v) is 11.9. The molecule has 0 aromatic heterocycles. The Morgan fingerprint density at radius 2 is 1.05 bits per heavy atom. The van der Waals surface area contributed by atoms with E-state index in [2.05, 4.69) is 0 Å². The molecule has 4 unspecified atom stereocenters. The molecule has 108 valence electrons. The molecule has 0 radical (unpaired) electrons. The molecule has 2 N–H and O–H groups in total. The molecule has 0 spiro atoms. The predicted molar refractivity (Wildman–Crippen MR) is 81.5 cm³/mol. The fourth-order valence-electron chi connectivity index (χ4n) is 4.48. The lowest BCUT2D eigenvalue weighted by atomic mass is 9.70. The second kappa shape index (κ2) is 4.43. The van der Waals surface area contributed by atoms with E-state index in [0.717, 1.165) is 17.5 Å². The van der Waals surface area contributed by atoms with Gasteiger partial charge < -0.3 is 10.2 Å². The van der Waals surface area contributed by atoms with Gasteiger partial charge in [-0.25, -0.2) is 0 Å². The van der Waals surface area contributed by atoms with Gasteiger partial charge in [0.25, 0.3) is 0 Å². The van der Waals surface area contributed by atoms with Gasteiger partial charge in [0.1, 0.15) is 0 Å². The van der Waals surface area contributed by atoms with Crippen LogP contribution in [0.5, 0.6) is 0 Å². The van der Waals surface area contributed by atoms with E-state index in [4.69, 9.17) is 0 Å². The molecule has 2 aliphatic carbocycles. The summed E-state index contributed by atoms with van der Waals surface area (Å²) < 4.78 is 0. The molecule has 4 rings (SSSR count). The molecule has 2 bridgehead atoms. The fourth-order valence-corrected chi connectivity index (χ4v) is 4.48. The van der Waals surface area contributed by atoms with Crippen LogP contribution in [0, 0.1) is 11.8 Å². The Balaban J connectivity index is 1.67. The minimum absolute atomic E-state index is 0.134. The minimum Gasteiger partial charge on any atom is -0.385 e. The van der Waals surface area contributed by atoms with Crippen LogP contribution in [-0.2, 0) is 11.2 Å². The van der Waals surface area contributed by atoms with Crippen LogP contribution in [0.15, 0.2) is 60.7 Å². The van der Waals surface area contributed by atoms with Crippen molar-refractivity contribution in [2.24, 2.45) is 11.8 Å². The fraction of sp³-hybridized carbons (Fsp3) is 0.368. The Bertz CT molecular complexity index is 582. The van der Waals surface area contributed by atoms with Crippen molar-refractivity contribution in [2.45, 2.75) is 30.5 Å². The first kappa shape index (κ1) is 13.1. The lowest BCUT2D eigenvalue weighted by Crippen LogP contribution is -2.42. The van der Waals surface area contributed by atoms with Gasteiger partial charge in [0.15, 0.2) is 0 Å². The maximum absolute atomic E-state index is 11.1. The largest absolute Gasteiger partial charge is 0.385 e. The smallest absolute Gasteiger partial charge is 0.0929 e. The summed E-state index contributed by atoms with van der Waals surface area (Å²) in [5, 5.41) is 22.2. The molecule has 2 aliphatic rings. The lowest BCUT2D eigenvalue weighted by molar-refractivity contribution is -0.0974. The van der Waals surface area contributed by atoms with E-state index >= 15 is 0 Å². The van der Waals surface area contributed by atoms with Crippen molar-refractivity contribution in [3.8, 4) is 0 Å². The van der Waals surface area contributed by atoms with Crippen LogP contribution in [0.25, 0.3) is 0 Å². The second-order valence-corrected chi connectivity index (χ2v) is 6.62. The SMILES string of the molecule is OC1(c2ccccc2)CC2CC1CC2(O)c1ccccc1. The average Bonchev–Trinajstić information content (AvgIpc) is 3.04. The van der Waals surface area contributed by atoms with Gasteiger partial charge >= 0.3 is 0 Å². The monoisotopic (exact) mass is 280 g/mol. The maximum atomic E-state index is 11.1. The quantitative estimate of drug-likeness (QED) is 0.887. The number of fused-ring (bicyclic) bond motifs is 2. The molecule has 2 fully saturated rings. The molecule has 0 heterocycles. The van der Waals surface area contributed by atoms with Crippen LogP contribution in [-0.4, -0.2) is 10.2 Å². The Kier molecular flexibility index (Phi) is 2.75. The van der Waals surface area contributed by atoms with Crippen LogP contribution < -0.4 is 0 Å². The zero-order valence-electron chi connectivity index (χ0n) is 11.9. The number of aliphatic hydroxyl groups is 2. The van der Waals surface area contributed by atoms with E-state index < -0.39 is 11.2 Å². The van der Waals surface area contributed by atoms with Crippen LogP contribution in [0.1, 0.15) is 30.4 Å². The molecule has 0 saturated heterocycles. The first-order valence-corrected chi connectivity index (χ1v) is 7.69. The molecule has 2 aromatic carbocycles. The molecular formula is C19H20O2. The summed E-state index contributed by atoms with van der Waals surface area (Å²) in [6.07, 6.45) is 2.19. The van der Waals surface area contributed by atoms with Gasteiger partial charge in [-0.05, 0) is 42.2 Å². The number of benzene rings is 2. The van der Waals surface area contributed by atoms with Crippen molar-refractivity contribution in [1.29, 1.82) is 0 Å². The Labute approximate surface area is 125 Å². The first-order valence-electron chi connectivity index (χ1n) is 7.69. The highest BCUT2D eigenvalue weighted by molar-refractivity contribution is 5.33. The molecule has 2 heteroatoms. The Morgan fingerprint density at radius 3 is 1.38 bits per heavy atom. The van der Waals surface area contributed by atoms with Crippen molar-refractivity contribution >= 4 is 0 Å². The van der Waals surface area contributed by atoms with E-state index in [1.807, 2.05) is 60.7 Å². The average molecular weight is 280 g/mol. The lowest BCUT2D eigenvalue weighted by Gasteiger charge is -2.41. The van der Waals surface area contributed by atoms with Gasteiger partial charge in [-0.1, -0.05) is 60.7 Å². The predicted octanol–water partition coefficient (Wildman–Crippen LogP) is 3.19. The summed E-state index contributed by atoms with van der Waals surface area (Å²) in [4.78, 5) is 0. The summed E-state index contributed by atoms with van der Waals surface area (Å²) >= 11 is 0. The number of hydrogen-bond acceptors (Lipinski definition) is 2. The van der Waals surface area contributed by atoms with Crippen molar-refractivity contribution in [3.63, 3.8) is 0 Å². The Morgan fingerprint density at radius 1 is 0.667 bits per heavy atom. The highest BCUT2D eigenvalue weighted by Gasteiger charge is 2.61. The van der Waals surface area contributed by atoms with Crippen molar-refractivity contribution in [2.75, 3.05) is 0 Å². The van der Waals surface area contributed by atoms with Crippen molar-refractivity contribution in [3.05, 3.63) is 71.8 Å². The third kappa shape index (κ3) is 1.79. The second-order valence-electron chi connectivity index (χ2n) is 6.62. The van der Waals surface area contributed by atoms with E-state index in [0.29, 0.717) is 12.8 Å². The standard InChI is InChI=1S/C19H20O2/c20-18(14-7-3-1-4-8-14)12-17-11-16(18)13-19(17,21)15-9-5-2-6-10-15/h1-10,16-17,20-21H,11-13H2. The Hall–Kier alpha value is -1.64. The van der Waals surface area contributed by atoms with Gasteiger partial charge in [0.05, 0.1) is 11.2 Å². The summed E-state index contributed by atoms with van der Waals surface area (Å²) in [5.41, 5.74) is 0.445. The van der Waals surface area contributed by atoms with E-state index in [1.54, 1.807) is 0 Å². The summed E-state index contributed by atoms with van der Waals surface area (Å²) in [6.45, 7) is 0. The molecular weight excluding hydrogens is 260 g/mol. The van der Waals surface area contributed by atoms with Crippen LogP contribution in [0.3, 0.4) is 0 Å². The molecule has 2 aromatic rings. The normalized spacial score (nSPS) is 37.8. The van der Waals surface area contributed by atoms with E-state index in [1.165, 1.54) is 0 Å². The van der Waals surface area contributed by atoms with Crippen LogP contribution in [0.4, 0.5) is 0 Å². The molecule has 21 heavy (non-hydrogen) atoms. The first-order chi connectivity index (χ1) is 10.1. The van der Waals surface area contributed by atoms with E-state index in [-0.39, 0.29) is 11.8 Å². The van der Waals surface area contributed by atoms with Crippen LogP contribution >= 0.6 is 0 Å². The number of hydrogen-bond donors (Lipinski definition) is 2. The van der Waals surface area contributed by atoms with Gasteiger partial charge in [0, 0.05) is 0 Å². The molecule has 4 atom stereocenters. The number of rotatable bonds is 2. The van der Waals surface area contributed by atoms with Crippen molar-refractivity contribution < 1.29 is 10.2 Å². The highest BCUT2D eigenvalue weighted by Crippen LogP contribution is 2.62. The summed E-state index contributed by atoms with van der Waals surface area (Å²) in [5.74, 6) is 0.269. The molecule has 0 amide bonds.